The molecule has 2 aromatic rings. The van der Waals surface area contributed by atoms with Gasteiger partial charge in [-0.2, -0.15) is 0 Å². The van der Waals surface area contributed by atoms with Crippen LogP contribution in [0.3, 0.4) is 0 Å². The lowest BCUT2D eigenvalue weighted by Crippen LogP contribution is -2.41. The number of amides is 1. The number of rotatable bonds is 6. The van der Waals surface area contributed by atoms with Crippen LogP contribution in [0.4, 0.5) is 5.69 Å². The second kappa shape index (κ2) is 8.09. The van der Waals surface area contributed by atoms with Crippen LogP contribution in [0.5, 0.6) is 0 Å². The third-order valence-electron chi connectivity index (χ3n) is 4.69. The molecule has 0 fully saturated rings. The smallest absolute Gasteiger partial charge is 0.227 e. The molecular weight excluding hydrogens is 358 g/mol. The maximum Gasteiger partial charge on any atom is 0.227 e. The minimum Gasteiger partial charge on any atom is -0.304 e. The molecule has 0 bridgehead atoms. The molecule has 0 saturated carbocycles. The van der Waals surface area contributed by atoms with Crippen LogP contribution >= 0.6 is 0 Å². The van der Waals surface area contributed by atoms with E-state index in [1.807, 2.05) is 50.2 Å². The average Bonchev–Trinajstić information content (AvgIpc) is 2.94. The van der Waals surface area contributed by atoms with Crippen LogP contribution in [-0.4, -0.2) is 26.1 Å². The number of nitrogens with zero attached hydrogens (tertiary/aromatic N) is 1. The summed E-state index contributed by atoms with van der Waals surface area (Å²) in [6.07, 6.45) is 3.56. The number of anilines is 1. The van der Waals surface area contributed by atoms with E-state index in [1.54, 1.807) is 11.0 Å². The summed E-state index contributed by atoms with van der Waals surface area (Å²) < 4.78 is 23.8. The van der Waals surface area contributed by atoms with Crippen molar-refractivity contribution in [1.29, 1.82) is 0 Å². The summed E-state index contributed by atoms with van der Waals surface area (Å²) in [4.78, 5) is 14.7. The molecule has 27 heavy (non-hydrogen) atoms. The van der Waals surface area contributed by atoms with Crippen LogP contribution in [-0.2, 0) is 21.1 Å². The number of hydrogen-bond acceptors (Lipinski definition) is 3. The molecule has 1 aliphatic heterocycles. The Morgan fingerprint density at radius 2 is 1.74 bits per heavy atom. The van der Waals surface area contributed by atoms with Crippen molar-refractivity contribution in [2.24, 2.45) is 0 Å². The Balaban J connectivity index is 1.79. The van der Waals surface area contributed by atoms with Gasteiger partial charge in [-0.1, -0.05) is 36.4 Å². The topological polar surface area (TPSA) is 54.5 Å². The summed E-state index contributed by atoms with van der Waals surface area (Å²) in [5.74, 6) is -0.0904. The zero-order valence-corrected chi connectivity index (χ0v) is 16.6. The van der Waals surface area contributed by atoms with E-state index in [4.69, 9.17) is 0 Å². The molecule has 0 aromatic heterocycles. The zero-order chi connectivity index (χ0) is 19.4. The first kappa shape index (κ1) is 19.4. The lowest BCUT2D eigenvalue weighted by molar-refractivity contribution is -0.118. The molecule has 1 amide bonds. The predicted octanol–water partition coefficient (Wildman–Crippen LogP) is 3.97. The minimum atomic E-state index is -3.24. The molecule has 0 unspecified atom stereocenters. The highest BCUT2D eigenvalue weighted by atomic mass is 32.2. The Hall–Kier alpha value is -2.40. The summed E-state index contributed by atoms with van der Waals surface area (Å²) in [5, 5.41) is 1.23. The summed E-state index contributed by atoms with van der Waals surface area (Å²) in [6, 6.07) is 15.6. The molecule has 4 nitrogen and oxygen atoms in total. The quantitative estimate of drug-likeness (QED) is 0.758. The van der Waals surface area contributed by atoms with Gasteiger partial charge in [0.2, 0.25) is 5.91 Å². The first-order valence-electron chi connectivity index (χ1n) is 9.19. The molecule has 0 radical (unpaired) electrons. The number of hydrogen-bond donors (Lipinski definition) is 0. The molecule has 1 aliphatic rings. The van der Waals surface area contributed by atoms with Gasteiger partial charge in [0.15, 0.2) is 9.84 Å². The Bertz CT molecular complexity index is 929. The molecule has 0 aliphatic carbocycles. The predicted molar refractivity (Wildman–Crippen MR) is 109 cm³/mol. The van der Waals surface area contributed by atoms with E-state index >= 15 is 0 Å². The third-order valence-corrected chi connectivity index (χ3v) is 6.07. The number of benzene rings is 2. The fourth-order valence-electron chi connectivity index (χ4n) is 3.54. The summed E-state index contributed by atoms with van der Waals surface area (Å²) in [6.45, 7) is 3.96. The normalized spacial score (nSPS) is 17.8. The summed E-state index contributed by atoms with van der Waals surface area (Å²) in [7, 11) is -3.24. The van der Waals surface area contributed by atoms with Crippen LogP contribution < -0.4 is 4.90 Å². The Morgan fingerprint density at radius 1 is 1.07 bits per heavy atom. The Labute approximate surface area is 161 Å². The van der Waals surface area contributed by atoms with E-state index in [-0.39, 0.29) is 11.7 Å². The maximum atomic E-state index is 13.1. The van der Waals surface area contributed by atoms with Gasteiger partial charge in [0.05, 0.1) is 11.8 Å². The lowest BCUT2D eigenvalue weighted by Gasteiger charge is -2.28. The van der Waals surface area contributed by atoms with Gasteiger partial charge >= 0.3 is 0 Å². The average molecular weight is 384 g/mol. The Morgan fingerprint density at radius 3 is 2.33 bits per heavy atom. The lowest BCUT2D eigenvalue weighted by atomic mass is 10.1. The van der Waals surface area contributed by atoms with Crippen molar-refractivity contribution >= 4 is 21.4 Å². The summed E-state index contributed by atoms with van der Waals surface area (Å²) in [5.41, 5.74) is 4.07. The van der Waals surface area contributed by atoms with E-state index in [1.165, 1.54) is 11.0 Å². The third kappa shape index (κ3) is 5.07. The van der Waals surface area contributed by atoms with Gasteiger partial charge in [0.1, 0.15) is 0 Å². The van der Waals surface area contributed by atoms with Gasteiger partial charge in [-0.3, -0.25) is 4.79 Å². The van der Waals surface area contributed by atoms with Crippen molar-refractivity contribution in [2.45, 2.75) is 39.2 Å². The van der Waals surface area contributed by atoms with E-state index in [0.29, 0.717) is 6.42 Å². The van der Waals surface area contributed by atoms with Crippen LogP contribution in [0.25, 0.3) is 0 Å². The fourth-order valence-corrected chi connectivity index (χ4v) is 4.81. The first-order chi connectivity index (χ1) is 12.8. The molecule has 0 spiro atoms. The maximum absolute atomic E-state index is 13.1. The fraction of sp³-hybridized carbons (Fsp3) is 0.318. The van der Waals surface area contributed by atoms with Gasteiger partial charge in [0.25, 0.3) is 0 Å². The highest BCUT2D eigenvalue weighted by molar-refractivity contribution is 7.94. The first-order valence-corrected chi connectivity index (χ1v) is 10.9. The van der Waals surface area contributed by atoms with E-state index in [2.05, 4.69) is 12.1 Å². The highest BCUT2D eigenvalue weighted by Gasteiger charge is 2.31. The van der Waals surface area contributed by atoms with Crippen molar-refractivity contribution in [1.82, 2.24) is 0 Å². The zero-order valence-electron chi connectivity index (χ0n) is 15.8. The van der Waals surface area contributed by atoms with Crippen molar-refractivity contribution in [3.8, 4) is 0 Å². The molecule has 0 saturated heterocycles. The molecule has 2 aromatic carbocycles. The van der Waals surface area contributed by atoms with Crippen molar-refractivity contribution in [2.75, 3.05) is 10.7 Å². The second-order valence-electron chi connectivity index (χ2n) is 7.17. The molecular formula is C22H25NO3S. The van der Waals surface area contributed by atoms with Gasteiger partial charge < -0.3 is 4.90 Å². The summed E-state index contributed by atoms with van der Waals surface area (Å²) >= 11 is 0. The van der Waals surface area contributed by atoms with E-state index in [0.717, 1.165) is 29.7 Å². The minimum absolute atomic E-state index is 0.0392. The molecule has 1 heterocycles. The van der Waals surface area contributed by atoms with Crippen molar-refractivity contribution in [3.05, 3.63) is 76.7 Å². The monoisotopic (exact) mass is 383 g/mol. The van der Waals surface area contributed by atoms with Crippen LogP contribution in [0.15, 0.2) is 60.0 Å². The number of aryl methyl sites for hydroxylation is 3. The molecule has 5 heteroatoms. The SMILES string of the molecule is Cc1cc(C)cc(N(C(=O)CCCc2ccccc2)[C@@H]2C=CS(=O)(=O)C2)c1. The highest BCUT2D eigenvalue weighted by Crippen LogP contribution is 2.26. The van der Waals surface area contributed by atoms with Crippen LogP contribution in [0, 0.1) is 13.8 Å². The molecule has 3 rings (SSSR count). The molecule has 1 atom stereocenters. The van der Waals surface area contributed by atoms with Crippen molar-refractivity contribution in [3.63, 3.8) is 0 Å². The number of sulfone groups is 1. The van der Waals surface area contributed by atoms with Crippen molar-refractivity contribution < 1.29 is 13.2 Å². The molecule has 142 valence electrons. The number of carbonyl (C=O) groups excluding carboxylic acids is 1. The van der Waals surface area contributed by atoms with Gasteiger partial charge in [-0.15, -0.1) is 0 Å². The standard InChI is InChI=1S/C22H25NO3S/c1-17-13-18(2)15-21(14-17)23(20-11-12-27(25,26)16-20)22(24)10-6-9-19-7-4-3-5-8-19/h3-5,7-8,11-15,20H,6,9-10,16H2,1-2H3/t20-/m1/s1. The second-order valence-corrected chi connectivity index (χ2v) is 9.11. The van der Waals surface area contributed by atoms with Gasteiger partial charge in [0, 0.05) is 17.5 Å². The van der Waals surface area contributed by atoms with Gasteiger partial charge in [-0.25, -0.2) is 8.42 Å². The van der Waals surface area contributed by atoms with E-state index in [9.17, 15) is 13.2 Å². The number of carbonyl (C=O) groups is 1. The van der Waals surface area contributed by atoms with Crippen LogP contribution in [0.2, 0.25) is 0 Å². The molecule has 0 N–H and O–H groups in total. The van der Waals surface area contributed by atoms with E-state index < -0.39 is 15.9 Å². The van der Waals surface area contributed by atoms with Gasteiger partial charge in [-0.05, 0) is 61.6 Å². The van der Waals surface area contributed by atoms with Crippen LogP contribution in [0.1, 0.15) is 29.5 Å². The Kier molecular flexibility index (Phi) is 5.80. The largest absolute Gasteiger partial charge is 0.304 e.